The molecular weight excluding hydrogens is 334 g/mol. The van der Waals surface area contributed by atoms with Crippen LogP contribution < -0.4 is 0 Å². The highest BCUT2D eigenvalue weighted by Gasteiger charge is 2.43. The average molecular weight is 353 g/mol. The van der Waals surface area contributed by atoms with Gasteiger partial charge < -0.3 is 14.6 Å². The van der Waals surface area contributed by atoms with Crippen molar-refractivity contribution in [1.82, 2.24) is 0 Å². The van der Waals surface area contributed by atoms with Gasteiger partial charge in [-0.2, -0.15) is 0 Å². The van der Waals surface area contributed by atoms with Crippen LogP contribution in [0.15, 0.2) is 35.4 Å². The van der Waals surface area contributed by atoms with Crippen LogP contribution in [0.3, 0.4) is 0 Å². The molecule has 0 aromatic heterocycles. The van der Waals surface area contributed by atoms with Crippen LogP contribution in [-0.2, 0) is 9.47 Å². The van der Waals surface area contributed by atoms with Gasteiger partial charge in [0.05, 0.1) is 17.2 Å². The van der Waals surface area contributed by atoms with E-state index in [9.17, 15) is 5.11 Å². The minimum Gasteiger partial charge on any atom is -0.388 e. The average Bonchev–Trinajstić information content (AvgIpc) is 2.62. The summed E-state index contributed by atoms with van der Waals surface area (Å²) in [5.41, 5.74) is 9.47. The van der Waals surface area contributed by atoms with Gasteiger partial charge >= 0.3 is 0 Å². The van der Waals surface area contributed by atoms with E-state index in [1.54, 1.807) is 0 Å². The fourth-order valence-corrected chi connectivity index (χ4v) is 5.72. The number of ether oxygens (including phenoxy) is 2. The van der Waals surface area contributed by atoms with Crippen LogP contribution in [0.2, 0.25) is 0 Å². The maximum absolute atomic E-state index is 10.6. The number of hydrogen-bond donors (Lipinski definition) is 1. The van der Waals surface area contributed by atoms with Gasteiger partial charge in [0.15, 0.2) is 6.29 Å². The maximum atomic E-state index is 10.6. The molecule has 1 aromatic rings. The van der Waals surface area contributed by atoms with E-state index >= 15 is 0 Å². The highest BCUT2D eigenvalue weighted by molar-refractivity contribution is 8.17. The summed E-state index contributed by atoms with van der Waals surface area (Å²) >= 11 is 3.63. The fraction of sp³-hybridized carbons (Fsp3) is 0.600. The van der Waals surface area contributed by atoms with Gasteiger partial charge in [0.2, 0.25) is 0 Å². The Morgan fingerprint density at radius 1 is 1.22 bits per heavy atom. The molecule has 6 nitrogen and oxygen atoms in total. The van der Waals surface area contributed by atoms with Crippen molar-refractivity contribution in [2.24, 2.45) is 5.11 Å². The normalized spacial score (nSPS) is 32.2. The highest BCUT2D eigenvalue weighted by Crippen LogP contribution is 2.41. The van der Waals surface area contributed by atoms with Gasteiger partial charge in [-0.05, 0) is 23.5 Å². The quantitative estimate of drug-likeness (QED) is 0.509. The maximum Gasteiger partial charge on any atom is 0.184 e. The van der Waals surface area contributed by atoms with E-state index in [1.807, 2.05) is 53.9 Å². The molecule has 23 heavy (non-hydrogen) atoms. The summed E-state index contributed by atoms with van der Waals surface area (Å²) in [7, 11) is 0. The van der Waals surface area contributed by atoms with Gasteiger partial charge in [-0.15, -0.1) is 23.5 Å². The predicted octanol–water partition coefficient (Wildman–Crippen LogP) is 3.34. The number of benzene rings is 1. The van der Waals surface area contributed by atoms with Gasteiger partial charge in [-0.1, -0.05) is 35.4 Å². The van der Waals surface area contributed by atoms with Crippen molar-refractivity contribution in [3.63, 3.8) is 0 Å². The lowest BCUT2D eigenvalue weighted by atomic mass is 10.1. The number of aliphatic hydroxyl groups excluding tert-OH is 1. The molecule has 2 heterocycles. The van der Waals surface area contributed by atoms with Gasteiger partial charge in [0, 0.05) is 10.5 Å². The van der Waals surface area contributed by atoms with E-state index in [0.717, 1.165) is 17.1 Å². The van der Waals surface area contributed by atoms with E-state index in [2.05, 4.69) is 10.0 Å². The van der Waals surface area contributed by atoms with Crippen LogP contribution in [0.4, 0.5) is 0 Å². The Labute approximate surface area is 143 Å². The zero-order valence-corrected chi connectivity index (χ0v) is 14.2. The molecule has 0 spiro atoms. The topological polar surface area (TPSA) is 87.5 Å². The first-order valence-electron chi connectivity index (χ1n) is 7.57. The zero-order chi connectivity index (χ0) is 16.1. The molecule has 0 unspecified atom stereocenters. The first-order chi connectivity index (χ1) is 11.3. The fourth-order valence-electron chi connectivity index (χ4n) is 2.66. The minimum atomic E-state index is -0.802. The minimum absolute atomic E-state index is 0.100. The summed E-state index contributed by atoms with van der Waals surface area (Å²) in [6, 6.07) is 9.66. The Morgan fingerprint density at radius 3 is 2.65 bits per heavy atom. The summed E-state index contributed by atoms with van der Waals surface area (Å²) in [6.45, 7) is 0.100. The summed E-state index contributed by atoms with van der Waals surface area (Å²) in [5.74, 6) is 2.14. The van der Waals surface area contributed by atoms with Crippen LogP contribution in [0.5, 0.6) is 0 Å². The molecule has 4 atom stereocenters. The molecule has 8 heteroatoms. The lowest BCUT2D eigenvalue weighted by Crippen LogP contribution is -2.52. The molecule has 0 aliphatic carbocycles. The molecule has 1 N–H and O–H groups in total. The van der Waals surface area contributed by atoms with Gasteiger partial charge in [0.1, 0.15) is 12.2 Å². The third-order valence-electron chi connectivity index (χ3n) is 3.81. The summed E-state index contributed by atoms with van der Waals surface area (Å²) in [5, 5.41) is 14.2. The Bertz CT molecular complexity index is 550. The monoisotopic (exact) mass is 353 g/mol. The van der Waals surface area contributed by atoms with Gasteiger partial charge in [-0.25, -0.2) is 0 Å². The molecule has 124 valence electrons. The Balaban J connectivity index is 1.80. The molecule has 0 amide bonds. The Kier molecular flexibility index (Phi) is 6.10. The molecule has 2 aliphatic heterocycles. The van der Waals surface area contributed by atoms with E-state index < -0.39 is 18.5 Å². The largest absolute Gasteiger partial charge is 0.388 e. The van der Waals surface area contributed by atoms with E-state index in [1.165, 1.54) is 6.42 Å². The number of hydrogen-bond acceptors (Lipinski definition) is 6. The van der Waals surface area contributed by atoms with Crippen LogP contribution >= 0.6 is 23.5 Å². The molecule has 0 bridgehead atoms. The SMILES string of the molecule is [N-]=[N+]=NC[C@H]1O[C@@H](c2ccccc2)O[C@@H](C2SCCCS2)[C@@H]1O. The van der Waals surface area contributed by atoms with E-state index in [4.69, 9.17) is 15.0 Å². The third kappa shape index (κ3) is 4.15. The Morgan fingerprint density at radius 2 is 1.96 bits per heavy atom. The van der Waals surface area contributed by atoms with E-state index in [0.29, 0.717) is 0 Å². The van der Waals surface area contributed by atoms with E-state index in [-0.39, 0.29) is 17.2 Å². The number of rotatable bonds is 4. The lowest BCUT2D eigenvalue weighted by Gasteiger charge is -2.42. The third-order valence-corrected chi connectivity index (χ3v) is 6.87. The first kappa shape index (κ1) is 17.0. The zero-order valence-electron chi connectivity index (χ0n) is 12.5. The second-order valence-electron chi connectivity index (χ2n) is 5.39. The molecule has 2 saturated heterocycles. The molecule has 3 rings (SSSR count). The summed E-state index contributed by atoms with van der Waals surface area (Å²) in [4.78, 5) is 2.78. The standard InChI is InChI=1S/C15H19N3O3S2/c16-18-17-9-11-12(19)13(15-22-7-4-8-23-15)21-14(20-11)10-5-2-1-3-6-10/h1-3,5-6,11-15,19H,4,7-9H2/t11-,12-,13-,14-/m1/s1. The first-order valence-corrected chi connectivity index (χ1v) is 9.67. The van der Waals surface area contributed by atoms with Crippen LogP contribution in [0.25, 0.3) is 10.4 Å². The number of nitrogens with zero attached hydrogens (tertiary/aromatic N) is 3. The predicted molar refractivity (Wildman–Crippen MR) is 92.3 cm³/mol. The second-order valence-corrected chi connectivity index (χ2v) is 8.18. The van der Waals surface area contributed by atoms with Crippen molar-refractivity contribution >= 4 is 23.5 Å². The number of aliphatic hydroxyl groups is 1. The van der Waals surface area contributed by atoms with Crippen molar-refractivity contribution in [2.75, 3.05) is 18.1 Å². The number of thioether (sulfide) groups is 2. The van der Waals surface area contributed by atoms with Crippen molar-refractivity contribution < 1.29 is 14.6 Å². The molecule has 1 aromatic carbocycles. The molecular formula is C15H19N3O3S2. The van der Waals surface area contributed by atoms with Crippen molar-refractivity contribution in [3.8, 4) is 0 Å². The van der Waals surface area contributed by atoms with Gasteiger partial charge in [-0.3, -0.25) is 0 Å². The van der Waals surface area contributed by atoms with Crippen molar-refractivity contribution in [1.29, 1.82) is 0 Å². The van der Waals surface area contributed by atoms with Crippen LogP contribution in [-0.4, -0.2) is 46.1 Å². The molecule has 2 aliphatic rings. The second kappa shape index (κ2) is 8.28. The van der Waals surface area contributed by atoms with Crippen LogP contribution in [0.1, 0.15) is 18.3 Å². The summed E-state index contributed by atoms with van der Waals surface area (Å²) < 4.78 is 12.1. The lowest BCUT2D eigenvalue weighted by molar-refractivity contribution is -0.282. The Hall–Kier alpha value is -0.890. The van der Waals surface area contributed by atoms with Gasteiger partial charge in [0.25, 0.3) is 0 Å². The summed E-state index contributed by atoms with van der Waals surface area (Å²) in [6.07, 6.45) is -1.08. The molecule has 2 fully saturated rings. The van der Waals surface area contributed by atoms with Crippen LogP contribution in [0, 0.1) is 0 Å². The molecule has 0 radical (unpaired) electrons. The molecule has 0 saturated carbocycles. The van der Waals surface area contributed by atoms with Crippen molar-refractivity contribution in [2.45, 2.75) is 35.6 Å². The van der Waals surface area contributed by atoms with Crippen molar-refractivity contribution in [3.05, 3.63) is 46.3 Å². The number of azide groups is 1. The highest BCUT2D eigenvalue weighted by atomic mass is 32.2. The smallest absolute Gasteiger partial charge is 0.184 e.